The molecular formula is C12H11F6. The Labute approximate surface area is 101 Å². The van der Waals surface area contributed by atoms with Crippen LogP contribution in [-0.4, -0.2) is 12.4 Å². The summed E-state index contributed by atoms with van der Waals surface area (Å²) in [5, 5.41) is 0. The third-order valence-corrected chi connectivity index (χ3v) is 2.30. The number of benzene rings is 1. The summed E-state index contributed by atoms with van der Waals surface area (Å²) in [7, 11) is 0. The van der Waals surface area contributed by atoms with Crippen molar-refractivity contribution in [3.63, 3.8) is 0 Å². The van der Waals surface area contributed by atoms with Crippen molar-refractivity contribution in [2.75, 3.05) is 0 Å². The van der Waals surface area contributed by atoms with Crippen molar-refractivity contribution in [3.05, 3.63) is 35.4 Å². The lowest BCUT2D eigenvalue weighted by Gasteiger charge is -2.09. The van der Waals surface area contributed by atoms with Gasteiger partial charge in [-0.1, -0.05) is 18.2 Å². The summed E-state index contributed by atoms with van der Waals surface area (Å²) in [4.78, 5) is 0. The molecule has 0 aromatic heterocycles. The first-order valence-corrected chi connectivity index (χ1v) is 5.28. The van der Waals surface area contributed by atoms with Gasteiger partial charge in [0, 0.05) is 12.8 Å². The van der Waals surface area contributed by atoms with E-state index in [4.69, 9.17) is 0 Å². The molecule has 0 atom stereocenters. The van der Waals surface area contributed by atoms with Crippen molar-refractivity contribution in [1.82, 2.24) is 0 Å². The van der Waals surface area contributed by atoms with E-state index in [0.29, 0.717) is 11.1 Å². The van der Waals surface area contributed by atoms with Gasteiger partial charge in [0.2, 0.25) is 0 Å². The van der Waals surface area contributed by atoms with E-state index in [0.717, 1.165) is 0 Å². The Bertz CT molecular complexity index is 344. The summed E-state index contributed by atoms with van der Waals surface area (Å²) in [6.07, 6.45) is -11.0. The van der Waals surface area contributed by atoms with Crippen molar-refractivity contribution < 1.29 is 26.3 Å². The minimum atomic E-state index is -4.26. The lowest BCUT2D eigenvalue weighted by atomic mass is 10.0. The zero-order valence-electron chi connectivity index (χ0n) is 9.33. The molecule has 0 N–H and O–H groups in total. The third-order valence-electron chi connectivity index (χ3n) is 2.30. The number of hydrogen-bond donors (Lipinski definition) is 0. The highest BCUT2D eigenvalue weighted by Crippen LogP contribution is 2.24. The lowest BCUT2D eigenvalue weighted by Crippen LogP contribution is -2.09. The topological polar surface area (TPSA) is 0 Å². The maximum absolute atomic E-state index is 12.0. The van der Waals surface area contributed by atoms with E-state index in [-0.39, 0.29) is 12.8 Å². The van der Waals surface area contributed by atoms with E-state index in [1.54, 1.807) is 0 Å². The second-order valence-electron chi connectivity index (χ2n) is 3.98. The smallest absolute Gasteiger partial charge is 0.171 e. The monoisotopic (exact) mass is 269 g/mol. The minimum Gasteiger partial charge on any atom is -0.171 e. The van der Waals surface area contributed by atoms with Gasteiger partial charge in [0.25, 0.3) is 0 Å². The predicted molar refractivity (Wildman–Crippen MR) is 54.0 cm³/mol. The van der Waals surface area contributed by atoms with E-state index < -0.39 is 25.2 Å². The minimum absolute atomic E-state index is 0.236. The Morgan fingerprint density at radius 1 is 0.778 bits per heavy atom. The molecule has 0 saturated heterocycles. The second-order valence-corrected chi connectivity index (χ2v) is 3.98. The van der Waals surface area contributed by atoms with Crippen molar-refractivity contribution in [2.45, 2.75) is 38.0 Å². The molecule has 0 amide bonds. The van der Waals surface area contributed by atoms with E-state index in [1.165, 1.54) is 18.2 Å². The van der Waals surface area contributed by atoms with Gasteiger partial charge in [-0.25, -0.2) is 0 Å². The van der Waals surface area contributed by atoms with Crippen LogP contribution in [0.1, 0.15) is 24.0 Å². The third kappa shape index (κ3) is 6.51. The first-order valence-electron chi connectivity index (χ1n) is 5.28. The average molecular weight is 269 g/mol. The van der Waals surface area contributed by atoms with Crippen LogP contribution in [0.3, 0.4) is 0 Å². The zero-order valence-corrected chi connectivity index (χ0v) is 9.33. The highest BCUT2D eigenvalue weighted by atomic mass is 19.4. The van der Waals surface area contributed by atoms with Crippen molar-refractivity contribution in [2.24, 2.45) is 0 Å². The Morgan fingerprint density at radius 3 is 1.50 bits per heavy atom. The Balaban J connectivity index is 2.57. The van der Waals surface area contributed by atoms with Crippen LogP contribution in [0, 0.1) is 6.07 Å². The van der Waals surface area contributed by atoms with Gasteiger partial charge in [-0.2, -0.15) is 26.3 Å². The Morgan fingerprint density at radius 2 is 1.17 bits per heavy atom. The van der Waals surface area contributed by atoms with Gasteiger partial charge < -0.3 is 0 Å². The van der Waals surface area contributed by atoms with E-state index in [9.17, 15) is 26.3 Å². The highest BCUT2D eigenvalue weighted by Gasteiger charge is 2.27. The van der Waals surface area contributed by atoms with Gasteiger partial charge in [-0.3, -0.25) is 0 Å². The molecular weight excluding hydrogens is 258 g/mol. The molecule has 0 bridgehead atoms. The van der Waals surface area contributed by atoms with Crippen LogP contribution in [0.2, 0.25) is 0 Å². The number of halogens is 6. The molecule has 18 heavy (non-hydrogen) atoms. The number of alkyl halides is 6. The molecule has 1 aromatic rings. The molecule has 0 saturated carbocycles. The second kappa shape index (κ2) is 5.63. The number of aryl methyl sites for hydroxylation is 2. The summed E-state index contributed by atoms with van der Waals surface area (Å²) in [5.41, 5.74) is 0.707. The lowest BCUT2D eigenvalue weighted by molar-refractivity contribution is -0.134. The maximum atomic E-state index is 12.0. The van der Waals surface area contributed by atoms with Gasteiger partial charge >= 0.3 is 12.4 Å². The fourth-order valence-electron chi connectivity index (χ4n) is 1.44. The quantitative estimate of drug-likeness (QED) is 0.707. The Hall–Kier alpha value is -1.20. The highest BCUT2D eigenvalue weighted by molar-refractivity contribution is 5.23. The molecule has 1 radical (unpaired) electrons. The molecule has 0 nitrogen and oxygen atoms in total. The fourth-order valence-corrected chi connectivity index (χ4v) is 1.44. The molecule has 0 aliphatic heterocycles. The van der Waals surface area contributed by atoms with Crippen molar-refractivity contribution >= 4 is 0 Å². The van der Waals surface area contributed by atoms with Gasteiger partial charge in [-0.15, -0.1) is 0 Å². The van der Waals surface area contributed by atoms with Crippen LogP contribution in [0.5, 0.6) is 0 Å². The van der Waals surface area contributed by atoms with Gasteiger partial charge in [-0.05, 0) is 30.0 Å². The van der Waals surface area contributed by atoms with Crippen LogP contribution in [-0.2, 0) is 12.8 Å². The molecule has 0 fully saturated rings. The molecule has 0 heterocycles. The summed E-state index contributed by atoms with van der Waals surface area (Å²) >= 11 is 0. The molecule has 0 spiro atoms. The normalized spacial score (nSPS) is 12.8. The van der Waals surface area contributed by atoms with Crippen molar-refractivity contribution in [3.8, 4) is 0 Å². The van der Waals surface area contributed by atoms with Crippen LogP contribution in [0.4, 0.5) is 26.3 Å². The molecule has 1 rings (SSSR count). The molecule has 6 heteroatoms. The molecule has 101 valence electrons. The first-order chi connectivity index (χ1) is 8.16. The number of hydrogen-bond acceptors (Lipinski definition) is 0. The van der Waals surface area contributed by atoms with Crippen LogP contribution in [0.15, 0.2) is 18.2 Å². The molecule has 0 unspecified atom stereocenters. The summed E-state index contributed by atoms with van der Waals surface area (Å²) < 4.78 is 71.9. The molecule has 0 aliphatic rings. The van der Waals surface area contributed by atoms with E-state index in [2.05, 4.69) is 6.07 Å². The number of rotatable bonds is 4. The van der Waals surface area contributed by atoms with Crippen LogP contribution < -0.4 is 0 Å². The predicted octanol–water partition coefficient (Wildman–Crippen LogP) is 4.48. The maximum Gasteiger partial charge on any atom is 0.389 e. The van der Waals surface area contributed by atoms with Crippen LogP contribution in [0.25, 0.3) is 0 Å². The summed E-state index contributed by atoms with van der Waals surface area (Å²) in [6.45, 7) is 0. The average Bonchev–Trinajstić information content (AvgIpc) is 2.22. The SMILES string of the molecule is FC(F)(F)CCc1c[c]cc(CCC(F)(F)F)c1. The zero-order chi connectivity index (χ0) is 13.8. The summed E-state index contributed by atoms with van der Waals surface area (Å²) in [6, 6.07) is 6.66. The standard InChI is InChI=1S/C12H11F6/c13-11(14,15)6-4-9-2-1-3-10(8-9)5-7-12(16,17)18/h2-3,8H,4-7H2. The van der Waals surface area contributed by atoms with E-state index >= 15 is 0 Å². The fraction of sp³-hybridized carbons (Fsp3) is 0.500. The van der Waals surface area contributed by atoms with Gasteiger partial charge in [0.1, 0.15) is 0 Å². The molecule has 0 aliphatic carbocycles. The summed E-state index contributed by atoms with van der Waals surface area (Å²) in [5.74, 6) is 0. The Kier molecular flexibility index (Phi) is 4.65. The largest absolute Gasteiger partial charge is 0.389 e. The molecule has 1 aromatic carbocycles. The van der Waals surface area contributed by atoms with Gasteiger partial charge in [0.05, 0.1) is 0 Å². The first kappa shape index (κ1) is 14.9. The van der Waals surface area contributed by atoms with Crippen LogP contribution >= 0.6 is 0 Å². The van der Waals surface area contributed by atoms with Crippen molar-refractivity contribution in [1.29, 1.82) is 0 Å². The van der Waals surface area contributed by atoms with E-state index in [1.807, 2.05) is 0 Å². The van der Waals surface area contributed by atoms with Gasteiger partial charge in [0.15, 0.2) is 0 Å².